The van der Waals surface area contributed by atoms with Crippen LogP contribution in [0.3, 0.4) is 0 Å². The van der Waals surface area contributed by atoms with E-state index in [4.69, 9.17) is 4.74 Å². The lowest BCUT2D eigenvalue weighted by Crippen LogP contribution is -2.46. The van der Waals surface area contributed by atoms with E-state index in [0.29, 0.717) is 12.1 Å². The molecule has 0 spiro atoms. The molecule has 6 heteroatoms. The van der Waals surface area contributed by atoms with Crippen molar-refractivity contribution in [1.29, 1.82) is 0 Å². The Balaban J connectivity index is 1.46. The quantitative estimate of drug-likeness (QED) is 0.663. The molecule has 3 aromatic rings. The van der Waals surface area contributed by atoms with Crippen molar-refractivity contribution in [2.45, 2.75) is 12.6 Å². The molecule has 1 amide bonds. The van der Waals surface area contributed by atoms with E-state index in [9.17, 15) is 4.79 Å². The molecule has 2 heterocycles. The van der Waals surface area contributed by atoms with Crippen LogP contribution in [0.2, 0.25) is 0 Å². The molecular weight excluding hydrogens is 376 g/mol. The van der Waals surface area contributed by atoms with E-state index >= 15 is 0 Å². The van der Waals surface area contributed by atoms with Gasteiger partial charge in [-0.25, -0.2) is 4.98 Å². The van der Waals surface area contributed by atoms with Crippen LogP contribution >= 0.6 is 0 Å². The number of methoxy groups -OCH3 is 1. The highest BCUT2D eigenvalue weighted by Gasteiger charge is 2.25. The number of nitrogens with zero attached hydrogens (tertiary/aromatic N) is 2. The maximum Gasteiger partial charge on any atom is 0.255 e. The molecular formula is C24H26N4O2. The van der Waals surface area contributed by atoms with Crippen molar-refractivity contribution in [2.24, 2.45) is 0 Å². The zero-order valence-electron chi connectivity index (χ0n) is 17.0. The fourth-order valence-electron chi connectivity index (χ4n) is 3.70. The van der Waals surface area contributed by atoms with Crippen LogP contribution in [0.15, 0.2) is 72.9 Å². The molecule has 30 heavy (non-hydrogen) atoms. The Morgan fingerprint density at radius 3 is 2.70 bits per heavy atom. The first-order chi connectivity index (χ1) is 14.7. The summed E-state index contributed by atoms with van der Waals surface area (Å²) >= 11 is 0. The lowest BCUT2D eigenvalue weighted by Gasteiger charge is -2.35. The number of piperazine rings is 1. The van der Waals surface area contributed by atoms with Gasteiger partial charge in [0.1, 0.15) is 11.6 Å². The van der Waals surface area contributed by atoms with Crippen LogP contribution in [0.4, 0.5) is 5.82 Å². The Morgan fingerprint density at radius 1 is 1.13 bits per heavy atom. The Labute approximate surface area is 176 Å². The van der Waals surface area contributed by atoms with Crippen molar-refractivity contribution in [3.63, 3.8) is 0 Å². The SMILES string of the molecule is COc1ccc(CNC(=O)c2cccnc2N2CCNC(c3ccccc3)C2)cc1. The number of ether oxygens (including phenoxy) is 1. The summed E-state index contributed by atoms with van der Waals surface area (Å²) in [7, 11) is 1.64. The molecule has 1 atom stereocenters. The maximum atomic E-state index is 12.9. The third-order valence-electron chi connectivity index (χ3n) is 5.32. The first-order valence-corrected chi connectivity index (χ1v) is 10.1. The normalized spacial score (nSPS) is 16.2. The molecule has 1 aliphatic heterocycles. The molecule has 1 aromatic heterocycles. The van der Waals surface area contributed by atoms with Gasteiger partial charge in [-0.2, -0.15) is 0 Å². The van der Waals surface area contributed by atoms with Gasteiger partial charge in [-0.3, -0.25) is 4.79 Å². The standard InChI is InChI=1S/C24H26N4O2/c1-30-20-11-9-18(10-12-20)16-27-24(29)21-8-5-13-26-23(21)28-15-14-25-22(17-28)19-6-3-2-4-7-19/h2-13,22,25H,14-17H2,1H3,(H,27,29). The Bertz CT molecular complexity index is 976. The van der Waals surface area contributed by atoms with Crippen molar-refractivity contribution >= 4 is 11.7 Å². The molecule has 0 saturated carbocycles. The summed E-state index contributed by atoms with van der Waals surface area (Å²) in [6.45, 7) is 2.85. The number of hydrogen-bond acceptors (Lipinski definition) is 5. The van der Waals surface area contributed by atoms with Gasteiger partial charge < -0.3 is 20.3 Å². The zero-order chi connectivity index (χ0) is 20.8. The summed E-state index contributed by atoms with van der Waals surface area (Å²) in [6.07, 6.45) is 1.75. The van der Waals surface area contributed by atoms with E-state index in [1.807, 2.05) is 42.5 Å². The number of rotatable bonds is 6. The van der Waals surface area contributed by atoms with Crippen LogP contribution in [0.1, 0.15) is 27.5 Å². The van der Waals surface area contributed by atoms with Crippen LogP contribution in [0.25, 0.3) is 0 Å². The van der Waals surface area contributed by atoms with Crippen molar-refractivity contribution in [3.8, 4) is 5.75 Å². The molecule has 1 saturated heterocycles. The predicted molar refractivity (Wildman–Crippen MR) is 118 cm³/mol. The van der Waals surface area contributed by atoms with Gasteiger partial charge in [0, 0.05) is 38.4 Å². The summed E-state index contributed by atoms with van der Waals surface area (Å²) < 4.78 is 5.18. The van der Waals surface area contributed by atoms with E-state index in [2.05, 4.69) is 44.8 Å². The largest absolute Gasteiger partial charge is 0.497 e. The molecule has 1 fully saturated rings. The fourth-order valence-corrected chi connectivity index (χ4v) is 3.70. The first kappa shape index (κ1) is 19.9. The minimum absolute atomic E-state index is 0.122. The number of carbonyl (C=O) groups excluding carboxylic acids is 1. The molecule has 6 nitrogen and oxygen atoms in total. The zero-order valence-corrected chi connectivity index (χ0v) is 17.0. The number of hydrogen-bond donors (Lipinski definition) is 2. The summed E-state index contributed by atoms with van der Waals surface area (Å²) in [5.74, 6) is 1.40. The molecule has 2 N–H and O–H groups in total. The number of pyridine rings is 1. The van der Waals surface area contributed by atoms with E-state index in [1.54, 1.807) is 13.3 Å². The topological polar surface area (TPSA) is 66.5 Å². The van der Waals surface area contributed by atoms with Crippen molar-refractivity contribution in [2.75, 3.05) is 31.6 Å². The van der Waals surface area contributed by atoms with Gasteiger partial charge in [0.25, 0.3) is 5.91 Å². The number of nitrogens with one attached hydrogen (secondary N) is 2. The van der Waals surface area contributed by atoms with Crippen molar-refractivity contribution < 1.29 is 9.53 Å². The average molecular weight is 402 g/mol. The van der Waals surface area contributed by atoms with Crippen LogP contribution in [-0.2, 0) is 6.54 Å². The Hall–Kier alpha value is -3.38. The highest BCUT2D eigenvalue weighted by molar-refractivity contribution is 5.98. The Morgan fingerprint density at radius 2 is 1.93 bits per heavy atom. The highest BCUT2D eigenvalue weighted by atomic mass is 16.5. The molecule has 1 unspecified atom stereocenters. The molecule has 4 rings (SSSR count). The number of amides is 1. The Kier molecular flexibility index (Phi) is 6.25. The lowest BCUT2D eigenvalue weighted by molar-refractivity contribution is 0.0951. The molecule has 154 valence electrons. The van der Waals surface area contributed by atoms with E-state index in [-0.39, 0.29) is 11.9 Å². The minimum Gasteiger partial charge on any atom is -0.497 e. The van der Waals surface area contributed by atoms with Crippen molar-refractivity contribution in [1.82, 2.24) is 15.6 Å². The first-order valence-electron chi connectivity index (χ1n) is 10.1. The molecule has 2 aromatic carbocycles. The lowest BCUT2D eigenvalue weighted by atomic mass is 10.0. The third-order valence-corrected chi connectivity index (χ3v) is 5.32. The van der Waals surface area contributed by atoms with Crippen LogP contribution in [-0.4, -0.2) is 37.6 Å². The second-order valence-electron chi connectivity index (χ2n) is 7.27. The second-order valence-corrected chi connectivity index (χ2v) is 7.27. The van der Waals surface area contributed by atoms with Gasteiger partial charge >= 0.3 is 0 Å². The van der Waals surface area contributed by atoms with E-state index in [0.717, 1.165) is 36.8 Å². The van der Waals surface area contributed by atoms with E-state index in [1.165, 1.54) is 5.56 Å². The molecule has 0 radical (unpaired) electrons. The van der Waals surface area contributed by atoms with Gasteiger partial charge in [-0.05, 0) is 35.4 Å². The van der Waals surface area contributed by atoms with Crippen LogP contribution in [0, 0.1) is 0 Å². The average Bonchev–Trinajstić information content (AvgIpc) is 2.83. The van der Waals surface area contributed by atoms with Crippen molar-refractivity contribution in [3.05, 3.63) is 89.6 Å². The number of benzene rings is 2. The highest BCUT2D eigenvalue weighted by Crippen LogP contribution is 2.24. The van der Waals surface area contributed by atoms with Gasteiger partial charge in [0.15, 0.2) is 0 Å². The molecule has 0 bridgehead atoms. The smallest absolute Gasteiger partial charge is 0.255 e. The monoisotopic (exact) mass is 402 g/mol. The number of aromatic nitrogens is 1. The van der Waals surface area contributed by atoms with Gasteiger partial charge in [-0.1, -0.05) is 42.5 Å². The predicted octanol–water partition coefficient (Wildman–Crippen LogP) is 3.17. The number of carbonyl (C=O) groups is 1. The fraction of sp³-hybridized carbons (Fsp3) is 0.250. The summed E-state index contributed by atoms with van der Waals surface area (Å²) in [4.78, 5) is 19.7. The summed E-state index contributed by atoms with van der Waals surface area (Å²) in [5.41, 5.74) is 2.85. The maximum absolute atomic E-state index is 12.9. The summed E-state index contributed by atoms with van der Waals surface area (Å²) in [5, 5.41) is 6.57. The van der Waals surface area contributed by atoms with Gasteiger partial charge in [0.2, 0.25) is 0 Å². The minimum atomic E-state index is -0.122. The van der Waals surface area contributed by atoms with Gasteiger partial charge in [0.05, 0.1) is 12.7 Å². The number of anilines is 1. The molecule has 0 aliphatic carbocycles. The van der Waals surface area contributed by atoms with Gasteiger partial charge in [-0.15, -0.1) is 0 Å². The molecule has 1 aliphatic rings. The van der Waals surface area contributed by atoms with E-state index < -0.39 is 0 Å². The summed E-state index contributed by atoms with van der Waals surface area (Å²) in [6, 6.07) is 21.9. The third kappa shape index (κ3) is 4.60. The van der Waals surface area contributed by atoms with Crippen LogP contribution < -0.4 is 20.3 Å². The van der Waals surface area contributed by atoms with Crippen LogP contribution in [0.5, 0.6) is 5.75 Å². The second kappa shape index (κ2) is 9.41.